The van der Waals surface area contributed by atoms with Crippen LogP contribution in [0.4, 0.5) is 0 Å². The molecular formula is C8H6N2O2S2. The van der Waals surface area contributed by atoms with Crippen molar-refractivity contribution in [2.75, 3.05) is 0 Å². The molecular weight excluding hydrogens is 220 g/mol. The van der Waals surface area contributed by atoms with Gasteiger partial charge in [0.05, 0.1) is 10.6 Å². The van der Waals surface area contributed by atoms with E-state index in [0.717, 1.165) is 26.9 Å². The average molecular weight is 226 g/mol. The third kappa shape index (κ3) is 1.53. The summed E-state index contributed by atoms with van der Waals surface area (Å²) in [7, 11) is 0. The molecule has 0 fully saturated rings. The summed E-state index contributed by atoms with van der Waals surface area (Å²) in [4.78, 5) is 19.6. The summed E-state index contributed by atoms with van der Waals surface area (Å²) in [5.74, 6) is -0.985. The summed E-state index contributed by atoms with van der Waals surface area (Å²) in [5, 5.41) is 11.6. The topological polar surface area (TPSA) is 63.1 Å². The number of hydrogen-bond acceptors (Lipinski definition) is 5. The fourth-order valence-corrected chi connectivity index (χ4v) is 2.71. The number of carboxylic acid groups (broad SMARTS) is 1. The molecule has 0 atom stereocenters. The van der Waals surface area contributed by atoms with Crippen molar-refractivity contribution in [2.45, 2.75) is 6.92 Å². The summed E-state index contributed by atoms with van der Waals surface area (Å²) in [5.41, 5.74) is 0.724. The molecule has 2 aromatic rings. The van der Waals surface area contributed by atoms with Crippen LogP contribution in [0.5, 0.6) is 0 Å². The summed E-state index contributed by atoms with van der Waals surface area (Å²) in [6.45, 7) is 1.79. The van der Waals surface area contributed by atoms with Gasteiger partial charge in [-0.15, -0.1) is 22.7 Å². The Morgan fingerprint density at radius 3 is 2.86 bits per heavy atom. The van der Waals surface area contributed by atoms with Gasteiger partial charge in [-0.25, -0.2) is 14.8 Å². The predicted octanol–water partition coefficient (Wildman–Crippen LogP) is 2.27. The normalized spacial score (nSPS) is 10.4. The standard InChI is InChI=1S/C8H6N2O2S2/c1-4-5(6-9-2-3-13-6)14-7(10-4)8(11)12/h2-3H,1H3,(H,11,12). The van der Waals surface area contributed by atoms with E-state index in [1.807, 2.05) is 5.38 Å². The maximum atomic E-state index is 10.7. The van der Waals surface area contributed by atoms with Gasteiger partial charge in [0.25, 0.3) is 0 Å². The first-order valence-electron chi connectivity index (χ1n) is 3.79. The molecule has 0 radical (unpaired) electrons. The van der Waals surface area contributed by atoms with Crippen LogP contribution in [-0.4, -0.2) is 21.0 Å². The molecule has 14 heavy (non-hydrogen) atoms. The molecule has 0 aliphatic heterocycles. The summed E-state index contributed by atoms with van der Waals surface area (Å²) >= 11 is 2.64. The summed E-state index contributed by atoms with van der Waals surface area (Å²) in [6, 6.07) is 0. The van der Waals surface area contributed by atoms with Crippen LogP contribution in [0.2, 0.25) is 0 Å². The van der Waals surface area contributed by atoms with Crippen molar-refractivity contribution < 1.29 is 9.90 Å². The van der Waals surface area contributed by atoms with Crippen molar-refractivity contribution in [3.05, 3.63) is 22.3 Å². The Morgan fingerprint density at radius 1 is 1.57 bits per heavy atom. The van der Waals surface area contributed by atoms with Gasteiger partial charge in [0.15, 0.2) is 0 Å². The van der Waals surface area contributed by atoms with Gasteiger partial charge in [-0.05, 0) is 6.92 Å². The lowest BCUT2D eigenvalue weighted by molar-refractivity contribution is 0.0696. The van der Waals surface area contributed by atoms with Crippen LogP contribution >= 0.6 is 22.7 Å². The van der Waals surface area contributed by atoms with Gasteiger partial charge >= 0.3 is 5.97 Å². The zero-order chi connectivity index (χ0) is 10.1. The Balaban J connectivity index is 2.50. The van der Waals surface area contributed by atoms with Crippen LogP contribution in [0.1, 0.15) is 15.5 Å². The average Bonchev–Trinajstić information content (AvgIpc) is 2.71. The summed E-state index contributed by atoms with van der Waals surface area (Å²) < 4.78 is 0. The number of carbonyl (C=O) groups is 1. The van der Waals surface area contributed by atoms with E-state index in [1.165, 1.54) is 11.3 Å². The number of aryl methyl sites for hydroxylation is 1. The maximum absolute atomic E-state index is 10.7. The summed E-state index contributed by atoms with van der Waals surface area (Å²) in [6.07, 6.45) is 1.69. The van der Waals surface area contributed by atoms with Crippen molar-refractivity contribution in [3.8, 4) is 9.88 Å². The molecule has 0 aromatic carbocycles. The second-order valence-corrected chi connectivity index (χ2v) is 4.47. The van der Waals surface area contributed by atoms with Gasteiger partial charge in [-0.3, -0.25) is 0 Å². The Hall–Kier alpha value is -1.27. The highest BCUT2D eigenvalue weighted by Crippen LogP contribution is 2.31. The van der Waals surface area contributed by atoms with Crippen LogP contribution in [0.3, 0.4) is 0 Å². The van der Waals surface area contributed by atoms with Gasteiger partial charge in [0.2, 0.25) is 5.01 Å². The lowest BCUT2D eigenvalue weighted by atomic mass is 10.4. The van der Waals surface area contributed by atoms with Crippen LogP contribution in [-0.2, 0) is 0 Å². The highest BCUT2D eigenvalue weighted by Gasteiger charge is 2.15. The number of hydrogen-bond donors (Lipinski definition) is 1. The second kappa shape index (κ2) is 3.47. The molecule has 0 aliphatic carbocycles. The Labute approximate surface area is 87.9 Å². The first kappa shape index (κ1) is 9.29. The first-order valence-corrected chi connectivity index (χ1v) is 5.48. The number of thiazole rings is 2. The minimum absolute atomic E-state index is 0.118. The fraction of sp³-hybridized carbons (Fsp3) is 0.125. The quantitative estimate of drug-likeness (QED) is 0.853. The number of aromatic carboxylic acids is 1. The minimum atomic E-state index is -0.985. The van der Waals surface area contributed by atoms with Crippen molar-refractivity contribution in [1.29, 1.82) is 0 Å². The zero-order valence-corrected chi connectivity index (χ0v) is 8.85. The van der Waals surface area contributed by atoms with E-state index in [2.05, 4.69) is 9.97 Å². The third-order valence-corrected chi connectivity index (χ3v) is 3.68. The third-order valence-electron chi connectivity index (χ3n) is 1.61. The molecule has 1 N–H and O–H groups in total. The molecule has 0 bridgehead atoms. The molecule has 2 heterocycles. The van der Waals surface area contributed by atoms with Crippen LogP contribution < -0.4 is 0 Å². The maximum Gasteiger partial charge on any atom is 0.365 e. The smallest absolute Gasteiger partial charge is 0.365 e. The lowest BCUT2D eigenvalue weighted by Crippen LogP contribution is -1.93. The first-order chi connectivity index (χ1) is 6.68. The molecule has 0 saturated carbocycles. The van der Waals surface area contributed by atoms with Crippen molar-refractivity contribution in [3.63, 3.8) is 0 Å². The molecule has 0 amide bonds. The van der Waals surface area contributed by atoms with Gasteiger partial charge in [0.1, 0.15) is 5.01 Å². The van der Waals surface area contributed by atoms with Crippen LogP contribution in [0.25, 0.3) is 9.88 Å². The van der Waals surface area contributed by atoms with Crippen molar-refractivity contribution in [1.82, 2.24) is 9.97 Å². The van der Waals surface area contributed by atoms with Crippen molar-refractivity contribution in [2.24, 2.45) is 0 Å². The molecule has 0 spiro atoms. The number of carboxylic acids is 1. The number of nitrogens with zero attached hydrogens (tertiary/aromatic N) is 2. The minimum Gasteiger partial charge on any atom is -0.476 e. The molecule has 0 saturated heterocycles. The molecule has 2 rings (SSSR count). The molecule has 72 valence electrons. The van der Waals surface area contributed by atoms with Gasteiger partial charge < -0.3 is 5.11 Å². The van der Waals surface area contributed by atoms with Gasteiger partial charge in [-0.1, -0.05) is 0 Å². The number of rotatable bonds is 2. The number of aromatic nitrogens is 2. The van der Waals surface area contributed by atoms with Crippen LogP contribution in [0, 0.1) is 6.92 Å². The molecule has 0 unspecified atom stereocenters. The van der Waals surface area contributed by atoms with E-state index in [0.29, 0.717) is 0 Å². The second-order valence-electron chi connectivity index (χ2n) is 2.58. The van der Waals surface area contributed by atoms with E-state index < -0.39 is 5.97 Å². The van der Waals surface area contributed by atoms with Crippen molar-refractivity contribution >= 4 is 28.6 Å². The van der Waals surface area contributed by atoms with E-state index in [4.69, 9.17) is 5.11 Å². The Kier molecular flexibility index (Phi) is 2.30. The largest absolute Gasteiger partial charge is 0.476 e. The van der Waals surface area contributed by atoms with E-state index in [9.17, 15) is 4.79 Å². The lowest BCUT2D eigenvalue weighted by Gasteiger charge is -1.88. The highest BCUT2D eigenvalue weighted by molar-refractivity contribution is 7.21. The molecule has 4 nitrogen and oxygen atoms in total. The van der Waals surface area contributed by atoms with E-state index in [1.54, 1.807) is 13.1 Å². The highest BCUT2D eigenvalue weighted by atomic mass is 32.1. The molecule has 6 heteroatoms. The fourth-order valence-electron chi connectivity index (χ4n) is 1.02. The van der Waals surface area contributed by atoms with E-state index in [-0.39, 0.29) is 5.01 Å². The van der Waals surface area contributed by atoms with Gasteiger partial charge in [0, 0.05) is 11.6 Å². The predicted molar refractivity (Wildman–Crippen MR) is 54.9 cm³/mol. The van der Waals surface area contributed by atoms with Gasteiger partial charge in [-0.2, -0.15) is 0 Å². The molecule has 2 aromatic heterocycles. The zero-order valence-electron chi connectivity index (χ0n) is 7.22. The Bertz CT molecular complexity index is 462. The van der Waals surface area contributed by atoms with Crippen LogP contribution in [0.15, 0.2) is 11.6 Å². The SMILES string of the molecule is Cc1nc(C(=O)O)sc1-c1nccs1. The van der Waals surface area contributed by atoms with E-state index >= 15 is 0 Å². The molecule has 0 aliphatic rings. The Morgan fingerprint density at radius 2 is 2.36 bits per heavy atom. The monoisotopic (exact) mass is 226 g/mol.